The lowest BCUT2D eigenvalue weighted by molar-refractivity contribution is 0.100. The molecule has 1 fully saturated rings. The first-order valence-corrected chi connectivity index (χ1v) is 9.04. The number of nitrogens with zero attached hydrogens (tertiary/aromatic N) is 4. The van der Waals surface area contributed by atoms with E-state index in [1.165, 1.54) is 12.8 Å². The molecule has 1 aromatic carbocycles. The van der Waals surface area contributed by atoms with Crippen LogP contribution in [0.25, 0.3) is 16.9 Å². The zero-order valence-corrected chi connectivity index (χ0v) is 15.1. The lowest BCUT2D eigenvalue weighted by Gasteiger charge is -2.26. The number of fused-ring (bicyclic) bond motifs is 1. The van der Waals surface area contributed by atoms with E-state index in [0.29, 0.717) is 17.5 Å². The normalized spacial score (nSPS) is 14.1. The van der Waals surface area contributed by atoms with E-state index in [0.717, 1.165) is 29.1 Å². The molecule has 6 heteroatoms. The number of primary amides is 1. The predicted octanol–water partition coefficient (Wildman–Crippen LogP) is 3.12. The van der Waals surface area contributed by atoms with E-state index in [1.807, 2.05) is 29.0 Å². The number of carbonyl (C=O) groups excluding carboxylic acids is 1. The highest BCUT2D eigenvalue weighted by molar-refractivity contribution is 5.93. The van der Waals surface area contributed by atoms with Gasteiger partial charge in [-0.15, -0.1) is 0 Å². The second-order valence-electron chi connectivity index (χ2n) is 7.31. The Hall–Kier alpha value is -2.89. The van der Waals surface area contributed by atoms with E-state index in [4.69, 9.17) is 5.73 Å². The number of amides is 1. The Balaban J connectivity index is 1.76. The summed E-state index contributed by atoms with van der Waals surface area (Å²) in [6.07, 6.45) is 6.15. The van der Waals surface area contributed by atoms with Gasteiger partial charge >= 0.3 is 0 Å². The van der Waals surface area contributed by atoms with Crippen molar-refractivity contribution in [3.8, 4) is 11.3 Å². The maximum Gasteiger partial charge on any atom is 0.248 e. The third-order valence-electron chi connectivity index (χ3n) is 4.71. The number of anilines is 1. The van der Waals surface area contributed by atoms with Crippen molar-refractivity contribution in [1.82, 2.24) is 14.6 Å². The number of aromatic nitrogens is 3. The van der Waals surface area contributed by atoms with Crippen molar-refractivity contribution in [2.75, 3.05) is 11.4 Å². The van der Waals surface area contributed by atoms with Crippen LogP contribution < -0.4 is 10.6 Å². The molecule has 1 amide bonds. The molecule has 0 radical (unpaired) electrons. The molecule has 0 bridgehead atoms. The number of benzene rings is 1. The standard InChI is InChI=1S/C20H23N5O/c1-13(2)12-24(16-7-8-16)17-9-10-23-25-18(11-22-20(17)25)14-3-5-15(6-4-14)19(21)26/h3-6,9-11,13,16H,7-8,12H2,1-2H3,(H2,21,26). The molecule has 0 spiro atoms. The van der Waals surface area contributed by atoms with Crippen molar-refractivity contribution in [3.63, 3.8) is 0 Å². The molecule has 0 unspecified atom stereocenters. The quantitative estimate of drug-likeness (QED) is 0.742. The molecular formula is C20H23N5O. The van der Waals surface area contributed by atoms with Crippen LogP contribution in [0.1, 0.15) is 37.0 Å². The van der Waals surface area contributed by atoms with Gasteiger partial charge in [0.15, 0.2) is 5.65 Å². The van der Waals surface area contributed by atoms with E-state index in [9.17, 15) is 4.79 Å². The van der Waals surface area contributed by atoms with Crippen LogP contribution in [0, 0.1) is 5.92 Å². The molecule has 26 heavy (non-hydrogen) atoms. The number of hydrogen-bond donors (Lipinski definition) is 1. The van der Waals surface area contributed by atoms with Gasteiger partial charge in [0.2, 0.25) is 5.91 Å². The Bertz CT molecular complexity index is 940. The molecule has 2 aromatic heterocycles. The molecule has 4 rings (SSSR count). The molecule has 6 nitrogen and oxygen atoms in total. The van der Waals surface area contributed by atoms with Crippen molar-refractivity contribution in [2.45, 2.75) is 32.7 Å². The minimum atomic E-state index is -0.427. The molecule has 0 saturated heterocycles. The number of hydrogen-bond acceptors (Lipinski definition) is 4. The van der Waals surface area contributed by atoms with Crippen LogP contribution in [0.3, 0.4) is 0 Å². The zero-order chi connectivity index (χ0) is 18.3. The number of rotatable bonds is 6. The van der Waals surface area contributed by atoms with Crippen LogP contribution in [0.5, 0.6) is 0 Å². The van der Waals surface area contributed by atoms with Gasteiger partial charge in [0.05, 0.1) is 23.8 Å². The maximum atomic E-state index is 11.3. The van der Waals surface area contributed by atoms with Gasteiger partial charge < -0.3 is 10.6 Å². The van der Waals surface area contributed by atoms with E-state index in [1.54, 1.807) is 12.1 Å². The van der Waals surface area contributed by atoms with E-state index >= 15 is 0 Å². The molecule has 2 heterocycles. The Morgan fingerprint density at radius 3 is 2.62 bits per heavy atom. The summed E-state index contributed by atoms with van der Waals surface area (Å²) in [7, 11) is 0. The van der Waals surface area contributed by atoms with Gasteiger partial charge in [-0.3, -0.25) is 4.79 Å². The van der Waals surface area contributed by atoms with E-state index in [-0.39, 0.29) is 0 Å². The van der Waals surface area contributed by atoms with E-state index in [2.05, 4.69) is 34.9 Å². The summed E-state index contributed by atoms with van der Waals surface area (Å²) >= 11 is 0. The average molecular weight is 349 g/mol. The van der Waals surface area contributed by atoms with Crippen LogP contribution in [0.2, 0.25) is 0 Å². The molecule has 1 saturated carbocycles. The van der Waals surface area contributed by atoms with E-state index < -0.39 is 5.91 Å². The van der Waals surface area contributed by atoms with Gasteiger partial charge in [-0.25, -0.2) is 9.50 Å². The van der Waals surface area contributed by atoms with Gasteiger partial charge in [-0.1, -0.05) is 26.0 Å². The molecule has 3 aromatic rings. The SMILES string of the molecule is CC(C)CN(c1ccnn2c(-c3ccc(C(N)=O)cc3)cnc12)C1CC1. The van der Waals surface area contributed by atoms with Crippen LogP contribution in [0.4, 0.5) is 5.69 Å². The molecule has 0 aliphatic heterocycles. The second kappa shape index (κ2) is 6.44. The smallest absolute Gasteiger partial charge is 0.248 e. The zero-order valence-electron chi connectivity index (χ0n) is 15.1. The average Bonchev–Trinajstić information content (AvgIpc) is 3.38. The summed E-state index contributed by atoms with van der Waals surface area (Å²) in [4.78, 5) is 18.4. The van der Waals surface area contributed by atoms with Gasteiger partial charge in [0.1, 0.15) is 0 Å². The lowest BCUT2D eigenvalue weighted by atomic mass is 10.1. The van der Waals surface area contributed by atoms with Crippen molar-refractivity contribution in [1.29, 1.82) is 0 Å². The van der Waals surface area contributed by atoms with Crippen LogP contribution >= 0.6 is 0 Å². The number of carbonyl (C=O) groups is 1. The van der Waals surface area contributed by atoms with Gasteiger partial charge in [0.25, 0.3) is 0 Å². The summed E-state index contributed by atoms with van der Waals surface area (Å²) in [5.74, 6) is 0.156. The minimum Gasteiger partial charge on any atom is -0.366 e. The fraction of sp³-hybridized carbons (Fsp3) is 0.350. The summed E-state index contributed by atoms with van der Waals surface area (Å²) in [5, 5.41) is 4.51. The second-order valence-corrected chi connectivity index (χ2v) is 7.31. The predicted molar refractivity (Wildman–Crippen MR) is 102 cm³/mol. The molecule has 0 atom stereocenters. The minimum absolute atomic E-state index is 0.427. The number of nitrogens with two attached hydrogens (primary N) is 1. The first-order chi connectivity index (χ1) is 12.5. The van der Waals surface area contributed by atoms with Gasteiger partial charge in [-0.2, -0.15) is 5.10 Å². The van der Waals surface area contributed by atoms with Crippen molar-refractivity contribution in [2.24, 2.45) is 11.7 Å². The lowest BCUT2D eigenvalue weighted by Crippen LogP contribution is -2.30. The fourth-order valence-electron chi connectivity index (χ4n) is 3.33. The van der Waals surface area contributed by atoms with Crippen LogP contribution in [-0.2, 0) is 0 Å². The van der Waals surface area contributed by atoms with Crippen molar-refractivity contribution < 1.29 is 4.79 Å². The number of imidazole rings is 1. The fourth-order valence-corrected chi connectivity index (χ4v) is 3.33. The topological polar surface area (TPSA) is 76.5 Å². The molecular weight excluding hydrogens is 326 g/mol. The van der Waals surface area contributed by atoms with Crippen LogP contribution in [-0.4, -0.2) is 33.1 Å². The summed E-state index contributed by atoms with van der Waals surface area (Å²) in [6, 6.07) is 9.89. The third-order valence-corrected chi connectivity index (χ3v) is 4.71. The van der Waals surface area contributed by atoms with Crippen LogP contribution in [0.15, 0.2) is 42.7 Å². The monoisotopic (exact) mass is 349 g/mol. The maximum absolute atomic E-state index is 11.3. The molecule has 1 aliphatic carbocycles. The highest BCUT2D eigenvalue weighted by Crippen LogP contribution is 2.35. The highest BCUT2D eigenvalue weighted by atomic mass is 16.1. The highest BCUT2D eigenvalue weighted by Gasteiger charge is 2.31. The Morgan fingerprint density at radius 1 is 1.27 bits per heavy atom. The Morgan fingerprint density at radius 2 is 2.00 bits per heavy atom. The van der Waals surface area contributed by atoms with Crippen molar-refractivity contribution >= 4 is 17.2 Å². The van der Waals surface area contributed by atoms with Crippen molar-refractivity contribution in [3.05, 3.63) is 48.3 Å². The first-order valence-electron chi connectivity index (χ1n) is 9.04. The first kappa shape index (κ1) is 16.6. The Labute approximate surface area is 152 Å². The van der Waals surface area contributed by atoms with Gasteiger partial charge in [0, 0.05) is 23.7 Å². The Kier molecular flexibility index (Phi) is 4.11. The molecule has 2 N–H and O–H groups in total. The summed E-state index contributed by atoms with van der Waals surface area (Å²) in [6.45, 7) is 5.50. The summed E-state index contributed by atoms with van der Waals surface area (Å²) in [5.41, 5.74) is 9.68. The molecule has 1 aliphatic rings. The summed E-state index contributed by atoms with van der Waals surface area (Å²) < 4.78 is 1.88. The molecule has 134 valence electrons. The third kappa shape index (κ3) is 3.03. The van der Waals surface area contributed by atoms with Gasteiger partial charge in [-0.05, 0) is 37.0 Å². The largest absolute Gasteiger partial charge is 0.366 e.